The highest BCUT2D eigenvalue weighted by molar-refractivity contribution is 6.42. The summed E-state index contributed by atoms with van der Waals surface area (Å²) in [5.74, 6) is 0.466. The minimum Gasteiger partial charge on any atom is -0.436 e. The fraction of sp³-hybridized carbons (Fsp3) is 0. The minimum atomic E-state index is 0.135. The molecule has 2 rings (SSSR count). The van der Waals surface area contributed by atoms with E-state index in [-0.39, 0.29) is 16.5 Å². The van der Waals surface area contributed by atoms with Gasteiger partial charge in [0.25, 0.3) is 0 Å². The molecule has 0 atom stereocenters. The fourth-order valence-electron chi connectivity index (χ4n) is 1.30. The van der Waals surface area contributed by atoms with E-state index in [0.717, 1.165) is 0 Å². The van der Waals surface area contributed by atoms with Crippen LogP contribution < -0.4 is 10.5 Å². The fourth-order valence-corrected chi connectivity index (χ4v) is 1.63. The molecule has 0 aliphatic rings. The van der Waals surface area contributed by atoms with Crippen LogP contribution in [0.4, 0.5) is 5.69 Å². The third kappa shape index (κ3) is 2.48. The van der Waals surface area contributed by atoms with E-state index in [9.17, 15) is 0 Å². The molecule has 0 spiro atoms. The molecule has 0 aliphatic carbocycles. The number of ether oxygens (including phenoxy) is 1. The third-order valence-electron chi connectivity index (χ3n) is 2.12. The zero-order valence-electron chi connectivity index (χ0n) is 9.02. The Morgan fingerprint density at radius 3 is 2.83 bits per heavy atom. The van der Waals surface area contributed by atoms with Crippen LogP contribution in [-0.2, 0) is 0 Å². The maximum absolute atomic E-state index is 8.96. The highest BCUT2D eigenvalue weighted by Crippen LogP contribution is 2.34. The molecular formula is C12H7Cl2N3O. The number of benzene rings is 1. The van der Waals surface area contributed by atoms with Crippen LogP contribution in [0.15, 0.2) is 30.5 Å². The van der Waals surface area contributed by atoms with E-state index >= 15 is 0 Å². The lowest BCUT2D eigenvalue weighted by Crippen LogP contribution is -1.95. The van der Waals surface area contributed by atoms with Gasteiger partial charge in [-0.15, -0.1) is 0 Å². The van der Waals surface area contributed by atoms with Gasteiger partial charge in [0.1, 0.15) is 22.4 Å². The summed E-state index contributed by atoms with van der Waals surface area (Å²) < 4.78 is 5.46. The SMILES string of the molecule is N#Cc1cc(N)cnc1Oc1cccc(Cl)c1Cl. The number of rotatable bonds is 2. The first-order valence-corrected chi connectivity index (χ1v) is 5.65. The molecule has 0 saturated heterocycles. The Labute approximate surface area is 114 Å². The van der Waals surface area contributed by atoms with Crippen molar-refractivity contribution in [2.24, 2.45) is 0 Å². The number of halogens is 2. The molecular weight excluding hydrogens is 273 g/mol. The van der Waals surface area contributed by atoms with E-state index in [1.807, 2.05) is 6.07 Å². The van der Waals surface area contributed by atoms with Crippen molar-refractivity contribution >= 4 is 28.9 Å². The Morgan fingerprint density at radius 1 is 1.33 bits per heavy atom. The zero-order valence-corrected chi connectivity index (χ0v) is 10.5. The zero-order chi connectivity index (χ0) is 13.1. The summed E-state index contributed by atoms with van der Waals surface area (Å²) >= 11 is 11.8. The number of pyridine rings is 1. The Morgan fingerprint density at radius 2 is 2.11 bits per heavy atom. The van der Waals surface area contributed by atoms with Gasteiger partial charge in [0.05, 0.1) is 16.9 Å². The summed E-state index contributed by atoms with van der Waals surface area (Å²) in [7, 11) is 0. The lowest BCUT2D eigenvalue weighted by Gasteiger charge is -2.08. The Hall–Kier alpha value is -1.96. The first kappa shape index (κ1) is 12.5. The van der Waals surface area contributed by atoms with Crippen LogP contribution in [0.1, 0.15) is 5.56 Å². The Kier molecular flexibility index (Phi) is 3.56. The van der Waals surface area contributed by atoms with Gasteiger partial charge in [0, 0.05) is 0 Å². The normalized spacial score (nSPS) is 9.83. The Bertz CT molecular complexity index is 638. The lowest BCUT2D eigenvalue weighted by atomic mass is 10.2. The average molecular weight is 280 g/mol. The second-order valence-electron chi connectivity index (χ2n) is 3.39. The first-order chi connectivity index (χ1) is 8.61. The van der Waals surface area contributed by atoms with Crippen LogP contribution in [-0.4, -0.2) is 4.98 Å². The van der Waals surface area contributed by atoms with Crippen molar-refractivity contribution in [3.8, 4) is 17.7 Å². The van der Waals surface area contributed by atoms with Crippen molar-refractivity contribution < 1.29 is 4.74 Å². The van der Waals surface area contributed by atoms with Gasteiger partial charge in [-0.25, -0.2) is 4.98 Å². The van der Waals surface area contributed by atoms with E-state index in [0.29, 0.717) is 16.5 Å². The van der Waals surface area contributed by atoms with Crippen LogP contribution in [0, 0.1) is 11.3 Å². The van der Waals surface area contributed by atoms with Gasteiger partial charge in [0.15, 0.2) is 0 Å². The summed E-state index contributed by atoms with van der Waals surface area (Å²) in [5, 5.41) is 9.59. The molecule has 0 saturated carbocycles. The quantitative estimate of drug-likeness (QED) is 0.911. The van der Waals surface area contributed by atoms with E-state index in [1.165, 1.54) is 12.3 Å². The van der Waals surface area contributed by atoms with Gasteiger partial charge < -0.3 is 10.5 Å². The third-order valence-corrected chi connectivity index (χ3v) is 2.92. The van der Waals surface area contributed by atoms with E-state index in [4.69, 9.17) is 38.9 Å². The van der Waals surface area contributed by atoms with Crippen LogP contribution in [0.2, 0.25) is 10.0 Å². The predicted octanol–water partition coefficient (Wildman–Crippen LogP) is 3.63. The van der Waals surface area contributed by atoms with E-state index in [2.05, 4.69) is 4.98 Å². The molecule has 1 aromatic heterocycles. The van der Waals surface area contributed by atoms with Gasteiger partial charge in [-0.05, 0) is 18.2 Å². The number of aromatic nitrogens is 1. The van der Waals surface area contributed by atoms with Crippen LogP contribution in [0.5, 0.6) is 11.6 Å². The van der Waals surface area contributed by atoms with Crippen molar-refractivity contribution in [1.82, 2.24) is 4.98 Å². The molecule has 0 amide bonds. The number of hydrogen-bond acceptors (Lipinski definition) is 4. The molecule has 0 aliphatic heterocycles. The molecule has 0 bridgehead atoms. The van der Waals surface area contributed by atoms with Gasteiger partial charge >= 0.3 is 0 Å². The molecule has 0 fully saturated rings. The summed E-state index contributed by atoms with van der Waals surface area (Å²) in [6.07, 6.45) is 1.40. The Balaban J connectivity index is 2.41. The minimum absolute atomic E-state index is 0.135. The van der Waals surface area contributed by atoms with Crippen molar-refractivity contribution in [3.05, 3.63) is 46.1 Å². The maximum Gasteiger partial charge on any atom is 0.237 e. The monoisotopic (exact) mass is 279 g/mol. The van der Waals surface area contributed by atoms with Crippen LogP contribution >= 0.6 is 23.2 Å². The number of nitrogens with two attached hydrogens (primary N) is 1. The molecule has 1 heterocycles. The van der Waals surface area contributed by atoms with Crippen molar-refractivity contribution in [1.29, 1.82) is 5.26 Å². The second-order valence-corrected chi connectivity index (χ2v) is 4.17. The lowest BCUT2D eigenvalue weighted by molar-refractivity contribution is 0.462. The molecule has 1 aromatic carbocycles. The molecule has 2 aromatic rings. The standard InChI is InChI=1S/C12H7Cl2N3O/c13-9-2-1-3-10(11(9)14)18-12-7(5-15)4-8(16)6-17-12/h1-4,6H,16H2. The summed E-state index contributed by atoms with van der Waals surface area (Å²) in [6.45, 7) is 0. The van der Waals surface area contributed by atoms with Crippen molar-refractivity contribution in [2.45, 2.75) is 0 Å². The predicted molar refractivity (Wildman–Crippen MR) is 69.9 cm³/mol. The summed E-state index contributed by atoms with van der Waals surface area (Å²) in [6, 6.07) is 8.38. The maximum atomic E-state index is 8.96. The van der Waals surface area contributed by atoms with Gasteiger partial charge in [-0.3, -0.25) is 0 Å². The number of nitrogens with zero attached hydrogens (tertiary/aromatic N) is 2. The van der Waals surface area contributed by atoms with Crippen LogP contribution in [0.25, 0.3) is 0 Å². The van der Waals surface area contributed by atoms with Gasteiger partial charge in [-0.2, -0.15) is 5.26 Å². The van der Waals surface area contributed by atoms with Crippen LogP contribution in [0.3, 0.4) is 0 Å². The van der Waals surface area contributed by atoms with E-state index in [1.54, 1.807) is 18.2 Å². The smallest absolute Gasteiger partial charge is 0.237 e. The number of anilines is 1. The van der Waals surface area contributed by atoms with Gasteiger partial charge in [0.2, 0.25) is 5.88 Å². The molecule has 2 N–H and O–H groups in total. The van der Waals surface area contributed by atoms with Crippen molar-refractivity contribution in [3.63, 3.8) is 0 Å². The first-order valence-electron chi connectivity index (χ1n) is 4.89. The highest BCUT2D eigenvalue weighted by Gasteiger charge is 2.11. The molecule has 18 heavy (non-hydrogen) atoms. The largest absolute Gasteiger partial charge is 0.436 e. The average Bonchev–Trinajstić information content (AvgIpc) is 2.37. The summed E-state index contributed by atoms with van der Waals surface area (Å²) in [5.41, 5.74) is 6.15. The topological polar surface area (TPSA) is 71.9 Å². The molecule has 90 valence electrons. The van der Waals surface area contributed by atoms with Crippen molar-refractivity contribution in [2.75, 3.05) is 5.73 Å². The number of nitrogen functional groups attached to an aromatic ring is 1. The number of nitriles is 1. The van der Waals surface area contributed by atoms with Gasteiger partial charge in [-0.1, -0.05) is 29.3 Å². The number of hydrogen-bond donors (Lipinski definition) is 1. The molecule has 4 nitrogen and oxygen atoms in total. The van der Waals surface area contributed by atoms with E-state index < -0.39 is 0 Å². The molecule has 0 radical (unpaired) electrons. The molecule has 6 heteroatoms. The molecule has 0 unspecified atom stereocenters. The second kappa shape index (κ2) is 5.13. The highest BCUT2D eigenvalue weighted by atomic mass is 35.5. The summed E-state index contributed by atoms with van der Waals surface area (Å²) in [4.78, 5) is 3.94.